The van der Waals surface area contributed by atoms with Crippen molar-refractivity contribution in [3.05, 3.63) is 23.8 Å². The highest BCUT2D eigenvalue weighted by molar-refractivity contribution is 5.45. The van der Waals surface area contributed by atoms with Crippen molar-refractivity contribution in [1.29, 1.82) is 0 Å². The monoisotopic (exact) mass is 275 g/mol. The smallest absolute Gasteiger partial charge is 0.161 e. The number of hydrogen-bond acceptors (Lipinski definition) is 3. The van der Waals surface area contributed by atoms with Gasteiger partial charge in [-0.1, -0.05) is 26.3 Å². The highest BCUT2D eigenvalue weighted by Gasteiger charge is 2.38. The number of ether oxygens (including phenoxy) is 2. The summed E-state index contributed by atoms with van der Waals surface area (Å²) in [6.45, 7) is 6.08. The summed E-state index contributed by atoms with van der Waals surface area (Å²) in [5.74, 6) is 1.71. The normalized spacial score (nSPS) is 28.8. The molecule has 1 aliphatic heterocycles. The van der Waals surface area contributed by atoms with Crippen molar-refractivity contribution < 1.29 is 9.47 Å². The number of rotatable bonds is 1. The Hall–Kier alpha value is -1.22. The lowest BCUT2D eigenvalue weighted by Gasteiger charge is -2.43. The van der Waals surface area contributed by atoms with Gasteiger partial charge in [0.2, 0.25) is 0 Å². The van der Waals surface area contributed by atoms with Gasteiger partial charge in [0.15, 0.2) is 11.5 Å². The van der Waals surface area contributed by atoms with Gasteiger partial charge in [0.25, 0.3) is 0 Å². The maximum Gasteiger partial charge on any atom is 0.161 e. The quantitative estimate of drug-likeness (QED) is 0.851. The topological polar surface area (TPSA) is 44.5 Å². The Morgan fingerprint density at radius 3 is 2.50 bits per heavy atom. The van der Waals surface area contributed by atoms with Crippen molar-refractivity contribution in [2.75, 3.05) is 13.2 Å². The Kier molecular flexibility index (Phi) is 3.41. The fourth-order valence-electron chi connectivity index (χ4n) is 3.63. The Morgan fingerprint density at radius 1 is 1.00 bits per heavy atom. The minimum absolute atomic E-state index is 0.230. The highest BCUT2D eigenvalue weighted by atomic mass is 16.5. The van der Waals surface area contributed by atoms with Gasteiger partial charge in [-0.25, -0.2) is 0 Å². The van der Waals surface area contributed by atoms with E-state index < -0.39 is 0 Å². The molecule has 0 amide bonds. The summed E-state index contributed by atoms with van der Waals surface area (Å²) < 4.78 is 11.5. The van der Waals surface area contributed by atoms with Gasteiger partial charge in [-0.3, -0.25) is 0 Å². The molecule has 2 aliphatic rings. The number of hydrogen-bond donors (Lipinski definition) is 1. The second-order valence-corrected chi connectivity index (χ2v) is 7.06. The third-order valence-electron chi connectivity index (χ3n) is 4.59. The second-order valence-electron chi connectivity index (χ2n) is 7.06. The molecule has 1 saturated carbocycles. The van der Waals surface area contributed by atoms with Gasteiger partial charge < -0.3 is 15.2 Å². The van der Waals surface area contributed by atoms with Gasteiger partial charge in [-0.05, 0) is 42.4 Å². The molecule has 1 heterocycles. The minimum Gasteiger partial charge on any atom is -0.490 e. The molecule has 3 nitrogen and oxygen atoms in total. The van der Waals surface area contributed by atoms with Crippen molar-refractivity contribution in [3.8, 4) is 11.5 Å². The van der Waals surface area contributed by atoms with Crippen LogP contribution in [0.15, 0.2) is 18.2 Å². The van der Waals surface area contributed by atoms with Crippen molar-refractivity contribution in [1.82, 2.24) is 0 Å². The number of fused-ring (bicyclic) bond motifs is 1. The van der Waals surface area contributed by atoms with Crippen molar-refractivity contribution in [2.24, 2.45) is 11.1 Å². The summed E-state index contributed by atoms with van der Waals surface area (Å²) in [6.07, 6.45) is 5.47. The molecule has 1 fully saturated rings. The molecule has 1 atom stereocenters. The van der Waals surface area contributed by atoms with Crippen LogP contribution in [0.5, 0.6) is 11.5 Å². The van der Waals surface area contributed by atoms with Crippen LogP contribution in [-0.4, -0.2) is 13.2 Å². The average molecular weight is 275 g/mol. The van der Waals surface area contributed by atoms with E-state index in [1.807, 2.05) is 6.07 Å². The summed E-state index contributed by atoms with van der Waals surface area (Å²) >= 11 is 0. The molecular weight excluding hydrogens is 250 g/mol. The van der Waals surface area contributed by atoms with Crippen LogP contribution in [0.1, 0.15) is 51.5 Å². The standard InChI is InChI=1S/C17H25NO2/c1-16(2)7-3-8-17(18,12-16)13-5-6-14-15(11-13)20-10-4-9-19-14/h5-6,11H,3-4,7-10,12,18H2,1-2H3. The van der Waals surface area contributed by atoms with E-state index in [2.05, 4.69) is 26.0 Å². The van der Waals surface area contributed by atoms with Crippen LogP contribution in [0.2, 0.25) is 0 Å². The molecule has 1 aliphatic carbocycles. The lowest BCUT2D eigenvalue weighted by molar-refractivity contribution is 0.151. The van der Waals surface area contributed by atoms with E-state index in [4.69, 9.17) is 15.2 Å². The lowest BCUT2D eigenvalue weighted by Crippen LogP contribution is -2.44. The largest absolute Gasteiger partial charge is 0.490 e. The van der Waals surface area contributed by atoms with E-state index in [0.717, 1.165) is 44.0 Å². The third kappa shape index (κ3) is 2.64. The molecule has 1 aromatic rings. The molecule has 20 heavy (non-hydrogen) atoms. The van der Waals surface area contributed by atoms with Crippen LogP contribution in [-0.2, 0) is 5.54 Å². The molecule has 0 spiro atoms. The fraction of sp³-hybridized carbons (Fsp3) is 0.647. The van der Waals surface area contributed by atoms with E-state index in [1.54, 1.807) is 0 Å². The van der Waals surface area contributed by atoms with Crippen LogP contribution < -0.4 is 15.2 Å². The van der Waals surface area contributed by atoms with Crippen molar-refractivity contribution >= 4 is 0 Å². The van der Waals surface area contributed by atoms with E-state index >= 15 is 0 Å². The van der Waals surface area contributed by atoms with Crippen LogP contribution in [0.3, 0.4) is 0 Å². The van der Waals surface area contributed by atoms with Gasteiger partial charge in [-0.2, -0.15) is 0 Å². The predicted molar refractivity (Wildman–Crippen MR) is 80.2 cm³/mol. The molecule has 0 saturated heterocycles. The fourth-order valence-corrected chi connectivity index (χ4v) is 3.63. The molecule has 3 rings (SSSR count). The van der Waals surface area contributed by atoms with Gasteiger partial charge in [-0.15, -0.1) is 0 Å². The first-order valence-electron chi connectivity index (χ1n) is 7.68. The van der Waals surface area contributed by atoms with Crippen LogP contribution in [0.25, 0.3) is 0 Å². The first-order valence-corrected chi connectivity index (χ1v) is 7.68. The second kappa shape index (κ2) is 4.96. The van der Waals surface area contributed by atoms with Crippen LogP contribution in [0.4, 0.5) is 0 Å². The van der Waals surface area contributed by atoms with Gasteiger partial charge in [0.05, 0.1) is 13.2 Å². The third-order valence-corrected chi connectivity index (χ3v) is 4.59. The molecule has 2 N–H and O–H groups in total. The zero-order valence-electron chi connectivity index (χ0n) is 12.6. The summed E-state index contributed by atoms with van der Waals surface area (Å²) in [6, 6.07) is 6.24. The molecule has 0 aromatic heterocycles. The SMILES string of the molecule is CC1(C)CCCC(N)(c2ccc3c(c2)OCCCO3)C1. The Balaban J connectivity index is 1.91. The minimum atomic E-state index is -0.230. The number of benzene rings is 1. The molecule has 3 heteroatoms. The lowest BCUT2D eigenvalue weighted by atomic mass is 9.66. The van der Waals surface area contributed by atoms with Crippen LogP contribution in [0, 0.1) is 5.41 Å². The van der Waals surface area contributed by atoms with E-state index in [0.29, 0.717) is 5.41 Å². The first-order chi connectivity index (χ1) is 9.49. The number of nitrogens with two attached hydrogens (primary N) is 1. The molecule has 0 bridgehead atoms. The van der Waals surface area contributed by atoms with Crippen molar-refractivity contribution in [2.45, 2.75) is 51.5 Å². The maximum atomic E-state index is 6.73. The molecule has 0 radical (unpaired) electrons. The van der Waals surface area contributed by atoms with Gasteiger partial charge >= 0.3 is 0 Å². The summed E-state index contributed by atoms with van der Waals surface area (Å²) in [4.78, 5) is 0. The highest BCUT2D eigenvalue weighted by Crippen LogP contribution is 2.46. The van der Waals surface area contributed by atoms with E-state index in [9.17, 15) is 0 Å². The summed E-state index contributed by atoms with van der Waals surface area (Å²) in [5.41, 5.74) is 8.01. The van der Waals surface area contributed by atoms with Crippen LogP contribution >= 0.6 is 0 Å². The van der Waals surface area contributed by atoms with E-state index in [-0.39, 0.29) is 5.54 Å². The first kappa shape index (κ1) is 13.7. The predicted octanol–water partition coefficient (Wildman–Crippen LogP) is 3.60. The molecule has 1 aromatic carbocycles. The summed E-state index contributed by atoms with van der Waals surface area (Å²) in [5, 5.41) is 0. The Labute approximate surface area is 121 Å². The molecule has 110 valence electrons. The zero-order valence-corrected chi connectivity index (χ0v) is 12.6. The molecule has 1 unspecified atom stereocenters. The van der Waals surface area contributed by atoms with Crippen molar-refractivity contribution in [3.63, 3.8) is 0 Å². The van der Waals surface area contributed by atoms with E-state index in [1.165, 1.54) is 18.4 Å². The average Bonchev–Trinajstić information content (AvgIpc) is 2.61. The molecular formula is C17H25NO2. The summed E-state index contributed by atoms with van der Waals surface area (Å²) in [7, 11) is 0. The zero-order chi connectivity index (χ0) is 14.2. The Bertz CT molecular complexity index is 498. The maximum absolute atomic E-state index is 6.73. The Morgan fingerprint density at radius 2 is 1.75 bits per heavy atom. The van der Waals surface area contributed by atoms with Gasteiger partial charge in [0, 0.05) is 12.0 Å². The van der Waals surface area contributed by atoms with Gasteiger partial charge in [0.1, 0.15) is 0 Å².